The van der Waals surface area contributed by atoms with Crippen molar-refractivity contribution in [3.63, 3.8) is 0 Å². The van der Waals surface area contributed by atoms with E-state index in [1.165, 1.54) is 0 Å². The molecule has 0 atom stereocenters. The number of rotatable bonds is 10. The van der Waals surface area contributed by atoms with Crippen molar-refractivity contribution >= 4 is 40.7 Å². The molecule has 0 aromatic heterocycles. The number of anilines is 1. The summed E-state index contributed by atoms with van der Waals surface area (Å²) >= 11 is 5.07. The summed E-state index contributed by atoms with van der Waals surface area (Å²) in [7, 11) is 0. The normalized spacial score (nSPS) is 10.1. The molecular weight excluding hydrogens is 440 g/mol. The Bertz CT molecular complexity index is 946. The molecule has 0 radical (unpaired) electrons. The number of hydrazine groups is 1. The van der Waals surface area contributed by atoms with Gasteiger partial charge in [-0.1, -0.05) is 26.7 Å². The predicted octanol–water partition coefficient (Wildman–Crippen LogP) is 3.94. The molecule has 2 aromatic carbocycles. The first-order chi connectivity index (χ1) is 15.9. The molecule has 2 rings (SSSR count). The Kier molecular flexibility index (Phi) is 10.8. The number of nitrogens with one attached hydrogen (secondary N) is 4. The van der Waals surface area contributed by atoms with Crippen molar-refractivity contribution < 1.29 is 19.1 Å². The van der Waals surface area contributed by atoms with Crippen LogP contribution in [-0.2, 0) is 4.79 Å². The standard InChI is InChI=1S/C24H30N4O4S/c1-3-5-6-16-32-20-14-10-17(11-15-20)22(30)26-24(33)28-27-23(31)18-8-12-19(13-9-18)25-21(29)7-4-2/h8-15H,3-7,16H2,1-2H3,(H,25,29)(H,27,31)(H2,26,28,30,33). The SMILES string of the molecule is CCCCCOc1ccc(C(=O)NC(=S)NNC(=O)c2ccc(NC(=O)CCC)cc2)cc1. The second-order valence-electron chi connectivity index (χ2n) is 7.32. The van der Waals surface area contributed by atoms with Crippen LogP contribution >= 0.6 is 12.2 Å². The molecule has 0 fully saturated rings. The van der Waals surface area contributed by atoms with Crippen LogP contribution in [0.5, 0.6) is 5.75 Å². The molecule has 9 heteroatoms. The molecule has 0 unspecified atom stereocenters. The van der Waals surface area contributed by atoms with Crippen LogP contribution in [0.15, 0.2) is 48.5 Å². The quantitative estimate of drug-likeness (QED) is 0.238. The number of thiocarbonyl (C=S) groups is 1. The molecule has 0 aliphatic heterocycles. The zero-order valence-electron chi connectivity index (χ0n) is 18.9. The molecule has 8 nitrogen and oxygen atoms in total. The van der Waals surface area contributed by atoms with Gasteiger partial charge in [0.1, 0.15) is 5.75 Å². The van der Waals surface area contributed by atoms with Crippen LogP contribution < -0.4 is 26.2 Å². The van der Waals surface area contributed by atoms with Crippen molar-refractivity contribution in [1.29, 1.82) is 0 Å². The van der Waals surface area contributed by atoms with E-state index in [1.807, 2.05) is 6.92 Å². The topological polar surface area (TPSA) is 109 Å². The molecule has 0 saturated carbocycles. The van der Waals surface area contributed by atoms with E-state index >= 15 is 0 Å². The van der Waals surface area contributed by atoms with Gasteiger partial charge >= 0.3 is 0 Å². The molecule has 2 aromatic rings. The average Bonchev–Trinajstić information content (AvgIpc) is 2.81. The summed E-state index contributed by atoms with van der Waals surface area (Å²) in [5, 5.41) is 5.21. The van der Waals surface area contributed by atoms with Crippen molar-refractivity contribution in [1.82, 2.24) is 16.2 Å². The van der Waals surface area contributed by atoms with E-state index in [2.05, 4.69) is 28.4 Å². The van der Waals surface area contributed by atoms with E-state index in [4.69, 9.17) is 17.0 Å². The van der Waals surface area contributed by atoms with Crippen LogP contribution in [0, 0.1) is 0 Å². The second-order valence-corrected chi connectivity index (χ2v) is 7.73. The highest BCUT2D eigenvalue weighted by atomic mass is 32.1. The molecular formula is C24H30N4O4S. The summed E-state index contributed by atoms with van der Waals surface area (Å²) in [6.45, 7) is 4.70. The first-order valence-electron chi connectivity index (χ1n) is 11.0. The van der Waals surface area contributed by atoms with Gasteiger partial charge in [0.25, 0.3) is 11.8 Å². The van der Waals surface area contributed by atoms with Crippen molar-refractivity contribution in [3.05, 3.63) is 59.7 Å². The lowest BCUT2D eigenvalue weighted by Crippen LogP contribution is -2.48. The highest BCUT2D eigenvalue weighted by Gasteiger charge is 2.10. The fourth-order valence-corrected chi connectivity index (χ4v) is 2.94. The highest BCUT2D eigenvalue weighted by Crippen LogP contribution is 2.13. The Hall–Kier alpha value is -3.46. The van der Waals surface area contributed by atoms with Crippen molar-refractivity contribution in [2.45, 2.75) is 46.0 Å². The fraction of sp³-hybridized carbons (Fsp3) is 0.333. The Balaban J connectivity index is 1.77. The van der Waals surface area contributed by atoms with Crippen LogP contribution in [0.25, 0.3) is 0 Å². The van der Waals surface area contributed by atoms with E-state index in [-0.39, 0.29) is 11.0 Å². The summed E-state index contributed by atoms with van der Waals surface area (Å²) in [4.78, 5) is 36.2. The van der Waals surface area contributed by atoms with Gasteiger partial charge in [-0.25, -0.2) is 0 Å². The lowest BCUT2D eigenvalue weighted by Gasteiger charge is -2.12. The lowest BCUT2D eigenvalue weighted by molar-refractivity contribution is -0.116. The molecule has 3 amide bonds. The van der Waals surface area contributed by atoms with Crippen molar-refractivity contribution in [2.24, 2.45) is 0 Å². The Morgan fingerprint density at radius 2 is 1.45 bits per heavy atom. The molecule has 33 heavy (non-hydrogen) atoms. The molecule has 4 N–H and O–H groups in total. The van der Waals surface area contributed by atoms with Gasteiger partial charge in [0.05, 0.1) is 6.61 Å². The smallest absolute Gasteiger partial charge is 0.269 e. The monoisotopic (exact) mass is 470 g/mol. The Labute approximate surface area is 199 Å². The van der Waals surface area contributed by atoms with Gasteiger partial charge < -0.3 is 10.1 Å². The molecule has 0 spiro atoms. The third-order valence-electron chi connectivity index (χ3n) is 4.56. The van der Waals surface area contributed by atoms with Gasteiger partial charge in [0, 0.05) is 23.2 Å². The number of carbonyl (C=O) groups excluding carboxylic acids is 3. The van der Waals surface area contributed by atoms with Gasteiger partial charge in [-0.2, -0.15) is 0 Å². The van der Waals surface area contributed by atoms with Gasteiger partial charge in [-0.15, -0.1) is 0 Å². The third-order valence-corrected chi connectivity index (χ3v) is 4.76. The molecule has 176 valence electrons. The van der Waals surface area contributed by atoms with E-state index in [1.54, 1.807) is 48.5 Å². The van der Waals surface area contributed by atoms with Gasteiger partial charge in [-0.3, -0.25) is 30.6 Å². The maximum Gasteiger partial charge on any atom is 0.269 e. The molecule has 0 aliphatic carbocycles. The number of unbranched alkanes of at least 4 members (excludes halogenated alkanes) is 2. The summed E-state index contributed by atoms with van der Waals surface area (Å²) in [5.74, 6) is -0.229. The van der Waals surface area contributed by atoms with Crippen molar-refractivity contribution in [2.75, 3.05) is 11.9 Å². The summed E-state index contributed by atoms with van der Waals surface area (Å²) in [5.41, 5.74) is 6.31. The number of benzene rings is 2. The summed E-state index contributed by atoms with van der Waals surface area (Å²) < 4.78 is 5.63. The molecule has 0 saturated heterocycles. The van der Waals surface area contributed by atoms with Gasteiger partial charge in [0.15, 0.2) is 5.11 Å². The predicted molar refractivity (Wildman–Crippen MR) is 132 cm³/mol. The van der Waals surface area contributed by atoms with Crippen LogP contribution in [0.1, 0.15) is 66.7 Å². The van der Waals surface area contributed by atoms with Gasteiger partial charge in [0.2, 0.25) is 5.91 Å². The minimum absolute atomic E-state index is 0.0447. The first kappa shape index (κ1) is 25.8. The fourth-order valence-electron chi connectivity index (χ4n) is 2.79. The van der Waals surface area contributed by atoms with Crippen molar-refractivity contribution in [3.8, 4) is 5.75 Å². The number of carbonyl (C=O) groups is 3. The zero-order chi connectivity index (χ0) is 24.1. The van der Waals surface area contributed by atoms with Crippen LogP contribution in [0.4, 0.5) is 5.69 Å². The Morgan fingerprint density at radius 1 is 0.818 bits per heavy atom. The van der Waals surface area contributed by atoms with E-state index in [0.29, 0.717) is 35.6 Å². The van der Waals surface area contributed by atoms with Crippen LogP contribution in [0.2, 0.25) is 0 Å². The summed E-state index contributed by atoms with van der Waals surface area (Å²) in [6.07, 6.45) is 4.43. The number of hydrogen-bond donors (Lipinski definition) is 4. The van der Waals surface area contributed by atoms with E-state index in [0.717, 1.165) is 25.7 Å². The lowest BCUT2D eigenvalue weighted by atomic mass is 10.2. The molecule has 0 bridgehead atoms. The third kappa shape index (κ3) is 9.28. The van der Waals surface area contributed by atoms with E-state index < -0.39 is 11.8 Å². The summed E-state index contributed by atoms with van der Waals surface area (Å²) in [6, 6.07) is 13.2. The maximum absolute atomic E-state index is 12.3. The van der Waals surface area contributed by atoms with Crippen LogP contribution in [0.3, 0.4) is 0 Å². The van der Waals surface area contributed by atoms with E-state index in [9.17, 15) is 14.4 Å². The average molecular weight is 471 g/mol. The highest BCUT2D eigenvalue weighted by molar-refractivity contribution is 7.80. The molecule has 0 aliphatic rings. The number of amides is 3. The first-order valence-corrected chi connectivity index (χ1v) is 11.4. The largest absolute Gasteiger partial charge is 0.494 e. The van der Waals surface area contributed by atoms with Crippen LogP contribution in [-0.4, -0.2) is 29.4 Å². The minimum Gasteiger partial charge on any atom is -0.494 e. The second kappa shape index (κ2) is 13.8. The Morgan fingerprint density at radius 3 is 2.09 bits per heavy atom. The number of ether oxygens (including phenoxy) is 1. The maximum atomic E-state index is 12.3. The zero-order valence-corrected chi connectivity index (χ0v) is 19.7. The number of hydrogen-bond acceptors (Lipinski definition) is 5. The molecule has 0 heterocycles. The van der Waals surface area contributed by atoms with Gasteiger partial charge in [-0.05, 0) is 73.6 Å². The minimum atomic E-state index is -0.442.